The van der Waals surface area contributed by atoms with Gasteiger partial charge in [0, 0.05) is 11.3 Å². The first-order valence-corrected chi connectivity index (χ1v) is 15.8. The minimum Gasteiger partial charge on any atom is -0.427 e. The van der Waals surface area contributed by atoms with Crippen LogP contribution in [0.25, 0.3) is 0 Å². The van der Waals surface area contributed by atoms with Crippen LogP contribution in [0.4, 0.5) is 0 Å². The number of carbonyl (C=O) groups is 1. The van der Waals surface area contributed by atoms with E-state index in [1.165, 1.54) is 15.9 Å². The minimum atomic E-state index is -1.76. The molecule has 0 aliphatic rings. The maximum Gasteiger partial charge on any atom is 0.311 e. The molecule has 4 rings (SSSR count). The lowest BCUT2D eigenvalue weighted by molar-refractivity contribution is -0.134. The number of carbonyl (C=O) groups excluding carboxylic acids is 1. The molecule has 0 atom stereocenters. The number of thiocarbonyl (C=S) groups is 1. The quantitative estimate of drug-likeness (QED) is 0.0436. The zero-order chi connectivity index (χ0) is 26.6. The number of benzene rings is 4. The number of unbranched alkanes of at least 4 members (excludes halogenated alkanes) is 4. The normalized spacial score (nSPS) is 11.2. The summed E-state index contributed by atoms with van der Waals surface area (Å²) in [5.74, 6) is 0.414. The van der Waals surface area contributed by atoms with Crippen LogP contribution in [0.15, 0.2) is 115 Å². The van der Waals surface area contributed by atoms with E-state index < -0.39 is 7.26 Å². The highest BCUT2D eigenvalue weighted by molar-refractivity contribution is 7.95. The van der Waals surface area contributed by atoms with Gasteiger partial charge in [-0.1, -0.05) is 91.8 Å². The number of hydrogen-bond acceptors (Lipinski definition) is 3. The highest BCUT2D eigenvalue weighted by Crippen LogP contribution is 2.56. The van der Waals surface area contributed by atoms with Crippen LogP contribution in [0.2, 0.25) is 0 Å². The summed E-state index contributed by atoms with van der Waals surface area (Å²) in [6, 6.07) is 40.6. The fourth-order valence-electron chi connectivity index (χ4n) is 4.97. The Labute approximate surface area is 233 Å². The van der Waals surface area contributed by atoms with Crippen molar-refractivity contribution in [1.82, 2.24) is 0 Å². The Hall–Kier alpha value is -3.13. The molecule has 0 aromatic heterocycles. The fraction of sp³-hybridized carbons (Fsp3) is 0.235. The topological polar surface area (TPSA) is 26.3 Å². The lowest BCUT2D eigenvalue weighted by Crippen LogP contribution is -2.33. The molecule has 4 heteroatoms. The summed E-state index contributed by atoms with van der Waals surface area (Å²) in [7, 11) is -1.76. The van der Waals surface area contributed by atoms with Crippen LogP contribution in [0.5, 0.6) is 5.75 Å². The number of esters is 1. The van der Waals surface area contributed by atoms with Crippen molar-refractivity contribution in [2.75, 3.05) is 6.16 Å². The molecule has 194 valence electrons. The third-order valence-electron chi connectivity index (χ3n) is 6.96. The molecule has 38 heavy (non-hydrogen) atoms. The van der Waals surface area contributed by atoms with Gasteiger partial charge in [0.15, 0.2) is 0 Å². The summed E-state index contributed by atoms with van der Waals surface area (Å²) in [5.41, 5.74) is 0.984. The van der Waals surface area contributed by atoms with Gasteiger partial charge in [0.25, 0.3) is 0 Å². The first-order valence-electron chi connectivity index (χ1n) is 13.5. The van der Waals surface area contributed by atoms with E-state index >= 15 is 0 Å². The molecular weight excluding hydrogens is 503 g/mol. The molecule has 4 aromatic carbocycles. The van der Waals surface area contributed by atoms with Crippen molar-refractivity contribution in [3.63, 3.8) is 0 Å². The van der Waals surface area contributed by atoms with Crippen molar-refractivity contribution in [3.8, 4) is 5.75 Å². The molecule has 0 heterocycles. The Balaban J connectivity index is 1.32. The third-order valence-corrected chi connectivity index (χ3v) is 11.7. The number of hydrogen-bond donors (Lipinski definition) is 0. The lowest BCUT2D eigenvalue weighted by Gasteiger charge is -2.27. The SMILES string of the molecule is CC(=S)c1ccc(OC(=O)CCCCCCC[P+](c2ccccc2)(c2ccccc2)c2ccccc2)cc1. The van der Waals surface area contributed by atoms with Gasteiger partial charge in [-0.3, -0.25) is 4.79 Å². The van der Waals surface area contributed by atoms with E-state index in [4.69, 9.17) is 17.0 Å². The standard InChI is InChI=1S/C34H36O2PS/c1-28(38)29-23-25-30(26-24-29)36-34(35)22-14-3-2-4-15-27-37(31-16-8-5-9-17-31,32-18-10-6-11-19-32)33-20-12-7-13-21-33/h5-13,16-21,23-26H,2-4,14-15,22,27H2,1H3/q+1. The molecule has 0 bridgehead atoms. The average molecular weight is 540 g/mol. The molecule has 0 spiro atoms. The summed E-state index contributed by atoms with van der Waals surface area (Å²) in [5, 5.41) is 4.32. The first kappa shape index (κ1) is 27.9. The van der Waals surface area contributed by atoms with E-state index in [1.807, 2.05) is 31.2 Å². The van der Waals surface area contributed by atoms with Crippen molar-refractivity contribution in [3.05, 3.63) is 121 Å². The van der Waals surface area contributed by atoms with Crippen molar-refractivity contribution < 1.29 is 9.53 Å². The summed E-state index contributed by atoms with van der Waals surface area (Å²) >= 11 is 5.18. The molecule has 2 nitrogen and oxygen atoms in total. The third kappa shape index (κ3) is 7.25. The van der Waals surface area contributed by atoms with E-state index in [0.717, 1.165) is 48.7 Å². The number of ether oxygens (including phenoxy) is 1. The van der Waals surface area contributed by atoms with Crippen LogP contribution in [0, 0.1) is 0 Å². The van der Waals surface area contributed by atoms with Crippen LogP contribution >= 0.6 is 19.5 Å². The van der Waals surface area contributed by atoms with Crippen LogP contribution < -0.4 is 20.7 Å². The van der Waals surface area contributed by atoms with Gasteiger partial charge in [-0.05, 0) is 80.3 Å². The smallest absolute Gasteiger partial charge is 0.311 e. The van der Waals surface area contributed by atoms with Crippen molar-refractivity contribution in [2.24, 2.45) is 0 Å². The first-order chi connectivity index (χ1) is 18.6. The molecule has 4 aromatic rings. The fourth-order valence-corrected chi connectivity index (χ4v) is 9.52. The second-order valence-corrected chi connectivity index (χ2v) is 13.8. The van der Waals surface area contributed by atoms with Gasteiger partial charge in [-0.15, -0.1) is 0 Å². The van der Waals surface area contributed by atoms with E-state index in [0.29, 0.717) is 12.2 Å². The molecule has 0 saturated heterocycles. The molecule has 0 N–H and O–H groups in total. The van der Waals surface area contributed by atoms with Gasteiger partial charge in [0.1, 0.15) is 28.9 Å². The predicted molar refractivity (Wildman–Crippen MR) is 167 cm³/mol. The van der Waals surface area contributed by atoms with Gasteiger partial charge in [0.05, 0.1) is 6.16 Å². The zero-order valence-electron chi connectivity index (χ0n) is 22.1. The second-order valence-electron chi connectivity index (χ2n) is 9.61. The Morgan fingerprint density at radius 1 is 0.632 bits per heavy atom. The molecule has 0 radical (unpaired) electrons. The molecule has 0 aliphatic heterocycles. The van der Waals surface area contributed by atoms with Crippen molar-refractivity contribution in [1.29, 1.82) is 0 Å². The Kier molecular flexibility index (Phi) is 10.4. The maximum absolute atomic E-state index is 12.3. The second kappa shape index (κ2) is 14.1. The molecular formula is C34H36O2PS+. The Morgan fingerprint density at radius 2 is 1.08 bits per heavy atom. The molecule has 0 unspecified atom stereocenters. The summed E-state index contributed by atoms with van der Waals surface area (Å²) < 4.78 is 5.49. The van der Waals surface area contributed by atoms with E-state index in [1.54, 1.807) is 0 Å². The monoisotopic (exact) mass is 539 g/mol. The Bertz CT molecular complexity index is 1190. The van der Waals surface area contributed by atoms with Gasteiger partial charge in [-0.2, -0.15) is 0 Å². The number of rotatable bonds is 13. The van der Waals surface area contributed by atoms with Crippen molar-refractivity contribution in [2.45, 2.75) is 45.4 Å². The summed E-state index contributed by atoms with van der Waals surface area (Å²) in [4.78, 5) is 13.1. The highest BCUT2D eigenvalue weighted by atomic mass is 32.1. The zero-order valence-corrected chi connectivity index (χ0v) is 23.8. The lowest BCUT2D eigenvalue weighted by atomic mass is 10.1. The van der Waals surface area contributed by atoms with E-state index in [-0.39, 0.29) is 5.97 Å². The molecule has 0 aliphatic carbocycles. The van der Waals surface area contributed by atoms with Crippen LogP contribution in [-0.4, -0.2) is 17.0 Å². The van der Waals surface area contributed by atoms with Crippen LogP contribution in [0.3, 0.4) is 0 Å². The van der Waals surface area contributed by atoms with Crippen LogP contribution in [-0.2, 0) is 4.79 Å². The van der Waals surface area contributed by atoms with Gasteiger partial charge < -0.3 is 4.74 Å². The van der Waals surface area contributed by atoms with Gasteiger partial charge in [0.2, 0.25) is 0 Å². The van der Waals surface area contributed by atoms with Gasteiger partial charge in [-0.25, -0.2) is 0 Å². The predicted octanol–water partition coefficient (Wildman–Crippen LogP) is 7.66. The largest absolute Gasteiger partial charge is 0.427 e. The highest BCUT2D eigenvalue weighted by Gasteiger charge is 2.44. The molecule has 0 saturated carbocycles. The minimum absolute atomic E-state index is 0.168. The maximum atomic E-state index is 12.3. The van der Waals surface area contributed by atoms with E-state index in [2.05, 4.69) is 91.0 Å². The Morgan fingerprint density at radius 3 is 1.55 bits per heavy atom. The average Bonchev–Trinajstić information content (AvgIpc) is 2.96. The summed E-state index contributed by atoms with van der Waals surface area (Å²) in [6.07, 6.45) is 6.91. The molecule has 0 amide bonds. The van der Waals surface area contributed by atoms with Gasteiger partial charge >= 0.3 is 5.97 Å². The summed E-state index contributed by atoms with van der Waals surface area (Å²) in [6.45, 7) is 1.89. The van der Waals surface area contributed by atoms with Crippen LogP contribution in [0.1, 0.15) is 51.0 Å². The van der Waals surface area contributed by atoms with E-state index in [9.17, 15) is 4.79 Å². The van der Waals surface area contributed by atoms with Crippen molar-refractivity contribution >= 4 is 46.2 Å². The molecule has 0 fully saturated rings.